The molecule has 0 aromatic heterocycles. The van der Waals surface area contributed by atoms with E-state index in [2.05, 4.69) is 37.9 Å². The van der Waals surface area contributed by atoms with E-state index in [0.29, 0.717) is 0 Å². The Kier molecular flexibility index (Phi) is 6.13. The van der Waals surface area contributed by atoms with Crippen LogP contribution < -0.4 is 5.32 Å². The maximum absolute atomic E-state index is 14.1. The van der Waals surface area contributed by atoms with Crippen LogP contribution in [0.4, 0.5) is 14.5 Å². The molecule has 1 nitrogen and oxygen atoms in total. The second kappa shape index (κ2) is 8.11. The summed E-state index contributed by atoms with van der Waals surface area (Å²) >= 11 is 0. The summed E-state index contributed by atoms with van der Waals surface area (Å²) in [6.45, 7) is 12.1. The lowest BCUT2D eigenvalue weighted by Gasteiger charge is -2.18. The van der Waals surface area contributed by atoms with Crippen molar-refractivity contribution in [2.24, 2.45) is 0 Å². The zero-order chi connectivity index (χ0) is 18.6. The van der Waals surface area contributed by atoms with Crippen molar-refractivity contribution < 1.29 is 8.78 Å². The zero-order valence-corrected chi connectivity index (χ0v) is 15.3. The number of hydrogen-bond acceptors (Lipinski definition) is 1. The molecule has 0 aliphatic rings. The van der Waals surface area contributed by atoms with Gasteiger partial charge < -0.3 is 5.32 Å². The monoisotopic (exact) mass is 341 g/mol. The Morgan fingerprint density at radius 2 is 1.80 bits per heavy atom. The van der Waals surface area contributed by atoms with Crippen molar-refractivity contribution in [3.63, 3.8) is 0 Å². The lowest BCUT2D eigenvalue weighted by molar-refractivity contribution is 0.586. The molecule has 2 rings (SSSR count). The van der Waals surface area contributed by atoms with Crippen LogP contribution in [0, 0.1) is 18.6 Å². The summed E-state index contributed by atoms with van der Waals surface area (Å²) < 4.78 is 27.3. The molecule has 2 aromatic rings. The Labute approximate surface area is 149 Å². The molecule has 0 unspecified atom stereocenters. The van der Waals surface area contributed by atoms with Gasteiger partial charge in [0.05, 0.1) is 5.69 Å². The van der Waals surface area contributed by atoms with Crippen molar-refractivity contribution in [1.29, 1.82) is 0 Å². The van der Waals surface area contributed by atoms with Gasteiger partial charge in [-0.1, -0.05) is 37.6 Å². The van der Waals surface area contributed by atoms with Gasteiger partial charge in [0.25, 0.3) is 0 Å². The minimum absolute atomic E-state index is 0.243. The summed E-state index contributed by atoms with van der Waals surface area (Å²) in [6.07, 6.45) is 2.12. The van der Waals surface area contributed by atoms with E-state index in [1.165, 1.54) is 23.3 Å². The summed E-state index contributed by atoms with van der Waals surface area (Å²) in [5.41, 5.74) is 6.32. The first-order valence-corrected chi connectivity index (χ1v) is 8.52. The van der Waals surface area contributed by atoms with Gasteiger partial charge in [0.15, 0.2) is 0 Å². The first-order valence-electron chi connectivity index (χ1n) is 8.52. The van der Waals surface area contributed by atoms with Crippen LogP contribution >= 0.6 is 0 Å². The number of benzene rings is 2. The summed E-state index contributed by atoms with van der Waals surface area (Å²) in [5.74, 6) is -1.21. The van der Waals surface area contributed by atoms with Crippen molar-refractivity contribution in [3.8, 4) is 0 Å². The molecule has 0 saturated heterocycles. The SMILES string of the molecule is C=C(C)/C(C)=C(\Nc1ccc(F)cc1F)c1ccc(CCC)c(C)c1. The van der Waals surface area contributed by atoms with Crippen LogP contribution in [0.5, 0.6) is 0 Å². The van der Waals surface area contributed by atoms with Gasteiger partial charge in [-0.15, -0.1) is 0 Å². The number of rotatable bonds is 6. The number of anilines is 1. The van der Waals surface area contributed by atoms with E-state index in [1.54, 1.807) is 0 Å². The number of halogens is 2. The fourth-order valence-corrected chi connectivity index (χ4v) is 2.72. The topological polar surface area (TPSA) is 12.0 Å². The molecule has 25 heavy (non-hydrogen) atoms. The average Bonchev–Trinajstić information content (AvgIpc) is 2.55. The van der Waals surface area contributed by atoms with Gasteiger partial charge in [-0.05, 0) is 67.7 Å². The summed E-state index contributed by atoms with van der Waals surface area (Å²) in [7, 11) is 0. The van der Waals surface area contributed by atoms with Crippen molar-refractivity contribution in [1.82, 2.24) is 0 Å². The normalized spacial score (nSPS) is 11.9. The Hall–Kier alpha value is -2.42. The molecule has 0 bridgehead atoms. The van der Waals surface area contributed by atoms with E-state index in [0.717, 1.165) is 41.3 Å². The van der Waals surface area contributed by atoms with E-state index in [-0.39, 0.29) is 5.69 Å². The Bertz CT molecular complexity index is 819. The molecule has 0 atom stereocenters. The maximum atomic E-state index is 14.1. The van der Waals surface area contributed by atoms with Crippen LogP contribution in [0.1, 0.15) is 43.9 Å². The summed E-state index contributed by atoms with van der Waals surface area (Å²) in [6, 6.07) is 9.78. The minimum Gasteiger partial charge on any atom is -0.352 e. The molecule has 0 aliphatic heterocycles. The molecule has 0 radical (unpaired) electrons. The zero-order valence-electron chi connectivity index (χ0n) is 15.3. The Morgan fingerprint density at radius 3 is 2.36 bits per heavy atom. The van der Waals surface area contributed by atoms with Gasteiger partial charge in [0.2, 0.25) is 0 Å². The average molecular weight is 341 g/mol. The highest BCUT2D eigenvalue weighted by Crippen LogP contribution is 2.28. The smallest absolute Gasteiger partial charge is 0.149 e. The number of allylic oxidation sites excluding steroid dienone is 2. The van der Waals surface area contributed by atoms with Crippen LogP contribution in [-0.4, -0.2) is 0 Å². The molecule has 132 valence electrons. The van der Waals surface area contributed by atoms with E-state index in [9.17, 15) is 8.78 Å². The van der Waals surface area contributed by atoms with E-state index < -0.39 is 11.6 Å². The maximum Gasteiger partial charge on any atom is 0.149 e. The Balaban J connectivity index is 2.49. The third-order valence-electron chi connectivity index (χ3n) is 4.36. The van der Waals surface area contributed by atoms with Crippen molar-refractivity contribution in [2.75, 3.05) is 5.32 Å². The van der Waals surface area contributed by atoms with Crippen molar-refractivity contribution >= 4 is 11.4 Å². The molecule has 0 fully saturated rings. The first kappa shape index (κ1) is 18.9. The number of aryl methyl sites for hydroxylation is 2. The fourth-order valence-electron chi connectivity index (χ4n) is 2.72. The van der Waals surface area contributed by atoms with Crippen LogP contribution in [-0.2, 0) is 6.42 Å². The van der Waals surface area contributed by atoms with Crippen molar-refractivity contribution in [3.05, 3.63) is 82.4 Å². The molecule has 0 aliphatic carbocycles. The lowest BCUT2D eigenvalue weighted by Crippen LogP contribution is -2.05. The minimum atomic E-state index is -0.619. The van der Waals surface area contributed by atoms with Crippen LogP contribution in [0.2, 0.25) is 0 Å². The molecular weight excluding hydrogens is 316 g/mol. The molecule has 1 N–H and O–H groups in total. The largest absolute Gasteiger partial charge is 0.352 e. The van der Waals surface area contributed by atoms with Gasteiger partial charge in [-0.2, -0.15) is 0 Å². The van der Waals surface area contributed by atoms with E-state index >= 15 is 0 Å². The van der Waals surface area contributed by atoms with Gasteiger partial charge in [0, 0.05) is 11.8 Å². The summed E-state index contributed by atoms with van der Waals surface area (Å²) in [4.78, 5) is 0. The third kappa shape index (κ3) is 4.56. The lowest BCUT2D eigenvalue weighted by atomic mass is 9.97. The quantitative estimate of drug-likeness (QED) is 0.580. The van der Waals surface area contributed by atoms with Crippen molar-refractivity contribution in [2.45, 2.75) is 40.5 Å². The fraction of sp³-hybridized carbons (Fsp3) is 0.273. The van der Waals surface area contributed by atoms with Gasteiger partial charge in [0.1, 0.15) is 11.6 Å². The number of nitrogens with one attached hydrogen (secondary N) is 1. The summed E-state index contributed by atoms with van der Waals surface area (Å²) in [5, 5.41) is 3.13. The highest BCUT2D eigenvalue weighted by atomic mass is 19.1. The number of hydrogen-bond donors (Lipinski definition) is 1. The van der Waals surface area contributed by atoms with Crippen LogP contribution in [0.25, 0.3) is 5.70 Å². The predicted molar refractivity (Wildman–Crippen MR) is 103 cm³/mol. The predicted octanol–water partition coefficient (Wildman–Crippen LogP) is 6.64. The first-order chi connectivity index (χ1) is 11.8. The Morgan fingerprint density at radius 1 is 1.08 bits per heavy atom. The van der Waals surface area contributed by atoms with Gasteiger partial charge in [-0.3, -0.25) is 0 Å². The van der Waals surface area contributed by atoms with E-state index in [4.69, 9.17) is 0 Å². The molecule has 0 spiro atoms. The van der Waals surface area contributed by atoms with Crippen LogP contribution in [0.15, 0.2) is 54.1 Å². The molecular formula is C22H25F2N. The van der Waals surface area contributed by atoms with Gasteiger partial charge in [-0.25, -0.2) is 8.78 Å². The molecule has 0 heterocycles. The van der Waals surface area contributed by atoms with Crippen LogP contribution in [0.3, 0.4) is 0 Å². The highest BCUT2D eigenvalue weighted by Gasteiger charge is 2.12. The molecule has 0 saturated carbocycles. The van der Waals surface area contributed by atoms with Gasteiger partial charge >= 0.3 is 0 Å². The highest BCUT2D eigenvalue weighted by molar-refractivity contribution is 5.81. The standard InChI is InChI=1S/C22H25F2N/c1-6-7-17-8-9-18(12-15(17)4)22(16(5)14(2)3)25-21-11-10-19(23)13-20(21)24/h8-13,25H,2,6-7H2,1,3-5H3/b22-16-. The molecule has 2 aromatic carbocycles. The third-order valence-corrected chi connectivity index (χ3v) is 4.36. The molecule has 0 amide bonds. The second-order valence-corrected chi connectivity index (χ2v) is 6.42. The second-order valence-electron chi connectivity index (χ2n) is 6.42. The molecule has 3 heteroatoms. The van der Waals surface area contributed by atoms with E-state index in [1.807, 2.05) is 19.9 Å².